The Hall–Kier alpha value is -4.05. The number of thioether (sulfide) groups is 1. The van der Waals surface area contributed by atoms with Crippen LogP contribution in [0.5, 0.6) is 5.75 Å². The highest BCUT2D eigenvalue weighted by atomic mass is 32.2. The monoisotopic (exact) mass is 560 g/mol. The molecule has 0 aromatic heterocycles. The number of carbonyl (C=O) groups excluding carboxylic acids is 3. The average Bonchev–Trinajstić information content (AvgIpc) is 3.76. The first-order valence-electron chi connectivity index (χ1n) is 13.4. The highest BCUT2D eigenvalue weighted by Gasteiger charge is 2.43. The Morgan fingerprint density at radius 2 is 1.82 bits per heavy atom. The molecule has 3 amide bonds. The van der Waals surface area contributed by atoms with Crippen LogP contribution in [0.3, 0.4) is 0 Å². The van der Waals surface area contributed by atoms with E-state index in [2.05, 4.69) is 5.32 Å². The fourth-order valence-electron chi connectivity index (χ4n) is 4.79. The Bertz CT molecular complexity index is 1380. The maximum absolute atomic E-state index is 13.4. The molecule has 2 aliphatic heterocycles. The van der Waals surface area contributed by atoms with Gasteiger partial charge in [-0.3, -0.25) is 14.6 Å². The normalized spacial score (nSPS) is 20.1. The lowest BCUT2D eigenvalue weighted by Gasteiger charge is -2.36. The van der Waals surface area contributed by atoms with E-state index in [4.69, 9.17) is 14.5 Å². The summed E-state index contributed by atoms with van der Waals surface area (Å²) in [6.07, 6.45) is 3.60. The fourth-order valence-corrected chi connectivity index (χ4v) is 5.91. The van der Waals surface area contributed by atoms with Crippen molar-refractivity contribution in [1.82, 2.24) is 15.1 Å². The summed E-state index contributed by atoms with van der Waals surface area (Å²) in [6, 6.07) is 16.0. The molecule has 1 unspecified atom stereocenters. The van der Waals surface area contributed by atoms with E-state index in [1.54, 1.807) is 29.9 Å². The van der Waals surface area contributed by atoms with Gasteiger partial charge in [-0.15, -0.1) is 0 Å². The predicted octanol–water partition coefficient (Wildman–Crippen LogP) is 4.73. The van der Waals surface area contributed by atoms with Gasteiger partial charge in [0.25, 0.3) is 5.91 Å². The van der Waals surface area contributed by atoms with E-state index in [1.165, 1.54) is 11.8 Å². The van der Waals surface area contributed by atoms with Gasteiger partial charge < -0.3 is 14.8 Å². The SMILES string of the molecule is CCOC(=O)C1=C(CSC2=NC(=Cc3ccc(OC)cc3)C(=O)N2C2CC2)N(CC)C(=O)NC1c1ccccc1. The van der Waals surface area contributed by atoms with Crippen LogP contribution in [0.4, 0.5) is 4.79 Å². The third-order valence-electron chi connectivity index (χ3n) is 6.91. The van der Waals surface area contributed by atoms with Crippen molar-refractivity contribution in [3.63, 3.8) is 0 Å². The van der Waals surface area contributed by atoms with Gasteiger partial charge in [-0.05, 0) is 56.0 Å². The quantitative estimate of drug-likeness (QED) is 0.352. The number of nitrogens with zero attached hydrogens (tertiary/aromatic N) is 3. The summed E-state index contributed by atoms with van der Waals surface area (Å²) < 4.78 is 10.7. The smallest absolute Gasteiger partial charge is 0.338 e. The number of aliphatic imine (C=N–C) groups is 1. The van der Waals surface area contributed by atoms with Crippen LogP contribution in [0.25, 0.3) is 6.08 Å². The minimum atomic E-state index is -0.650. The van der Waals surface area contributed by atoms with Crippen LogP contribution < -0.4 is 10.1 Å². The Balaban J connectivity index is 1.49. The summed E-state index contributed by atoms with van der Waals surface area (Å²) in [4.78, 5) is 47.9. The van der Waals surface area contributed by atoms with Crippen molar-refractivity contribution in [1.29, 1.82) is 0 Å². The minimum absolute atomic E-state index is 0.105. The first-order valence-corrected chi connectivity index (χ1v) is 14.4. The molecule has 0 saturated heterocycles. The van der Waals surface area contributed by atoms with Gasteiger partial charge in [0.15, 0.2) is 5.17 Å². The van der Waals surface area contributed by atoms with Gasteiger partial charge in [0.2, 0.25) is 0 Å². The van der Waals surface area contributed by atoms with E-state index in [9.17, 15) is 14.4 Å². The third-order valence-corrected chi connectivity index (χ3v) is 7.88. The van der Waals surface area contributed by atoms with E-state index in [0.29, 0.717) is 28.7 Å². The molecule has 1 saturated carbocycles. The summed E-state index contributed by atoms with van der Waals surface area (Å²) in [6.45, 7) is 4.19. The molecule has 1 fully saturated rings. The lowest BCUT2D eigenvalue weighted by molar-refractivity contribution is -0.139. The number of hydrogen-bond acceptors (Lipinski definition) is 7. The standard InChI is InChI=1S/C30H32N4O5S/c1-4-33-24(25(28(36)39-5-2)26(32-29(33)37)20-9-7-6-8-10-20)18-40-30-31-23(27(35)34(30)21-13-14-21)17-19-11-15-22(38-3)16-12-19/h6-12,15-17,21,26H,4-5,13-14,18H2,1-3H3,(H,32,37). The van der Waals surface area contributed by atoms with Gasteiger partial charge in [-0.1, -0.05) is 54.2 Å². The number of amidine groups is 1. The topological polar surface area (TPSA) is 101 Å². The highest BCUT2D eigenvalue weighted by molar-refractivity contribution is 8.14. The molecule has 1 atom stereocenters. The van der Waals surface area contributed by atoms with Crippen LogP contribution in [0.1, 0.15) is 43.9 Å². The molecule has 1 N–H and O–H groups in total. The van der Waals surface area contributed by atoms with Gasteiger partial charge in [-0.2, -0.15) is 0 Å². The van der Waals surface area contributed by atoms with Crippen LogP contribution in [-0.4, -0.2) is 64.9 Å². The number of methoxy groups -OCH3 is 1. The van der Waals surface area contributed by atoms with Crippen LogP contribution in [-0.2, 0) is 14.3 Å². The number of urea groups is 1. The zero-order valence-corrected chi connectivity index (χ0v) is 23.6. The van der Waals surface area contributed by atoms with Gasteiger partial charge in [0.1, 0.15) is 11.4 Å². The first-order chi connectivity index (χ1) is 19.4. The fraction of sp³-hybridized carbons (Fsp3) is 0.333. The van der Waals surface area contributed by atoms with Crippen molar-refractivity contribution in [2.24, 2.45) is 4.99 Å². The molecule has 208 valence electrons. The molecule has 2 heterocycles. The van der Waals surface area contributed by atoms with E-state index in [1.807, 2.05) is 61.5 Å². The third kappa shape index (κ3) is 5.62. The number of amides is 3. The molecule has 2 aromatic carbocycles. The summed E-state index contributed by atoms with van der Waals surface area (Å²) >= 11 is 1.36. The van der Waals surface area contributed by atoms with Crippen molar-refractivity contribution in [2.75, 3.05) is 26.0 Å². The Morgan fingerprint density at radius 3 is 2.45 bits per heavy atom. The molecule has 5 rings (SSSR count). The number of carbonyl (C=O) groups is 3. The second kappa shape index (κ2) is 12.0. The second-order valence-corrected chi connectivity index (χ2v) is 10.5. The minimum Gasteiger partial charge on any atom is -0.497 e. The van der Waals surface area contributed by atoms with E-state index >= 15 is 0 Å². The van der Waals surface area contributed by atoms with Crippen molar-refractivity contribution < 1.29 is 23.9 Å². The van der Waals surface area contributed by atoms with Crippen molar-refractivity contribution in [2.45, 2.75) is 38.8 Å². The number of rotatable bonds is 9. The average molecular weight is 561 g/mol. The largest absolute Gasteiger partial charge is 0.497 e. The van der Waals surface area contributed by atoms with Crippen LogP contribution in [0.15, 0.2) is 76.6 Å². The lowest BCUT2D eigenvalue weighted by Crippen LogP contribution is -2.49. The molecule has 2 aromatic rings. The lowest BCUT2D eigenvalue weighted by atomic mass is 9.95. The second-order valence-electron chi connectivity index (χ2n) is 9.51. The molecule has 0 bridgehead atoms. The van der Waals surface area contributed by atoms with E-state index < -0.39 is 12.0 Å². The molecule has 3 aliphatic rings. The Morgan fingerprint density at radius 1 is 1.10 bits per heavy atom. The van der Waals surface area contributed by atoms with Crippen LogP contribution >= 0.6 is 11.8 Å². The first kappa shape index (κ1) is 27.5. The predicted molar refractivity (Wildman–Crippen MR) is 154 cm³/mol. The molecule has 1 aliphatic carbocycles. The Kier molecular flexibility index (Phi) is 8.25. The molecular formula is C30H32N4O5S. The summed E-state index contributed by atoms with van der Waals surface area (Å²) in [5.74, 6) is 0.380. The van der Waals surface area contributed by atoms with Gasteiger partial charge in [0, 0.05) is 24.0 Å². The summed E-state index contributed by atoms with van der Waals surface area (Å²) in [5, 5.41) is 3.54. The molecule has 0 spiro atoms. The maximum atomic E-state index is 13.4. The Labute approximate surface area is 237 Å². The molecule has 40 heavy (non-hydrogen) atoms. The molecular weight excluding hydrogens is 528 g/mol. The van der Waals surface area contributed by atoms with E-state index in [-0.39, 0.29) is 30.3 Å². The number of ether oxygens (including phenoxy) is 2. The molecule has 0 radical (unpaired) electrons. The highest BCUT2D eigenvalue weighted by Crippen LogP contribution is 2.38. The van der Waals surface area contributed by atoms with Crippen molar-refractivity contribution in [3.8, 4) is 5.75 Å². The van der Waals surface area contributed by atoms with Crippen LogP contribution in [0, 0.1) is 0 Å². The maximum Gasteiger partial charge on any atom is 0.338 e. The molecule has 10 heteroatoms. The zero-order chi connectivity index (χ0) is 28.2. The number of esters is 1. The van der Waals surface area contributed by atoms with Crippen molar-refractivity contribution >= 4 is 40.9 Å². The zero-order valence-electron chi connectivity index (χ0n) is 22.8. The van der Waals surface area contributed by atoms with E-state index in [0.717, 1.165) is 29.7 Å². The van der Waals surface area contributed by atoms with Crippen molar-refractivity contribution in [3.05, 3.63) is 82.7 Å². The summed E-state index contributed by atoms with van der Waals surface area (Å²) in [5.41, 5.74) is 2.93. The number of nitrogens with one attached hydrogen (secondary N) is 1. The van der Waals surface area contributed by atoms with Gasteiger partial charge in [-0.25, -0.2) is 14.6 Å². The summed E-state index contributed by atoms with van der Waals surface area (Å²) in [7, 11) is 1.61. The number of benzene rings is 2. The number of hydrogen-bond donors (Lipinski definition) is 1. The molecule has 9 nitrogen and oxygen atoms in total. The van der Waals surface area contributed by atoms with Gasteiger partial charge in [0.05, 0.1) is 25.3 Å². The van der Waals surface area contributed by atoms with Crippen LogP contribution in [0.2, 0.25) is 0 Å². The van der Waals surface area contributed by atoms with Gasteiger partial charge >= 0.3 is 12.0 Å².